The number of imidazole rings is 1. The third-order valence-electron chi connectivity index (χ3n) is 6.87. The number of halogens is 6. The Morgan fingerprint density at radius 3 is 1.91 bits per heavy atom. The standard InChI is InChI=1S/C22H26N4O3S.2C2HF3O2/c1-30(27,28)26-14-13-25-20(18-6-3-2-4-7-18)16-23-21(25)22(26)9-11-24(12-10-22)17-19-8-5-15-29-19;2*3-2(4,5)1(6)7/h2-8,15-16H,9-14,17H2,1H3;2*(H,6,7). The van der Waals surface area contributed by atoms with E-state index >= 15 is 0 Å². The first kappa shape index (κ1) is 34.6. The number of aromatic nitrogens is 2. The first-order valence-electron chi connectivity index (χ1n) is 12.8. The maximum absolute atomic E-state index is 12.7. The van der Waals surface area contributed by atoms with Gasteiger partial charge in [-0.15, -0.1) is 0 Å². The Morgan fingerprint density at radius 1 is 0.909 bits per heavy atom. The normalized spacial score (nSPS) is 17.1. The number of nitrogens with zero attached hydrogens (tertiary/aromatic N) is 4. The van der Waals surface area contributed by atoms with Gasteiger partial charge in [0.25, 0.3) is 0 Å². The lowest BCUT2D eigenvalue weighted by Crippen LogP contribution is -2.59. The summed E-state index contributed by atoms with van der Waals surface area (Å²) in [5, 5.41) is 14.2. The molecular formula is C26H28F6N4O7S. The molecular weight excluding hydrogens is 626 g/mol. The summed E-state index contributed by atoms with van der Waals surface area (Å²) in [7, 11) is -3.36. The zero-order valence-electron chi connectivity index (χ0n) is 23.0. The summed E-state index contributed by atoms with van der Waals surface area (Å²) >= 11 is 0. The van der Waals surface area contributed by atoms with E-state index in [1.165, 1.54) is 6.26 Å². The number of sulfonamides is 1. The molecule has 1 fully saturated rings. The minimum absolute atomic E-state index is 0.472. The molecule has 0 unspecified atom stereocenters. The SMILES string of the molecule is CS(=O)(=O)N1CCn2c(-c3ccccc3)cnc2C12CCN(Cc1ccco1)CC2.O=C(O)C(F)(F)F.O=C(O)C(F)(F)F. The summed E-state index contributed by atoms with van der Waals surface area (Å²) in [6.07, 6.45) is -3.83. The van der Waals surface area contributed by atoms with Gasteiger partial charge < -0.3 is 19.2 Å². The van der Waals surface area contributed by atoms with Gasteiger partial charge in [0.05, 0.1) is 36.5 Å². The van der Waals surface area contributed by atoms with E-state index in [4.69, 9.17) is 29.2 Å². The Morgan fingerprint density at radius 2 is 1.45 bits per heavy atom. The Balaban J connectivity index is 0.000000317. The quantitative estimate of drug-likeness (QED) is 0.396. The number of alkyl halides is 6. The van der Waals surface area contributed by atoms with Gasteiger partial charge in [-0.25, -0.2) is 23.0 Å². The molecule has 44 heavy (non-hydrogen) atoms. The highest BCUT2D eigenvalue weighted by molar-refractivity contribution is 7.88. The lowest BCUT2D eigenvalue weighted by Gasteiger charge is -2.49. The molecule has 0 amide bonds. The van der Waals surface area contributed by atoms with Crippen LogP contribution in [-0.4, -0.2) is 87.6 Å². The molecule has 242 valence electrons. The Labute approximate surface area is 247 Å². The second kappa shape index (κ2) is 13.4. The fourth-order valence-electron chi connectivity index (χ4n) is 4.99. The van der Waals surface area contributed by atoms with Gasteiger partial charge in [-0.3, -0.25) is 4.90 Å². The third kappa shape index (κ3) is 8.38. The minimum Gasteiger partial charge on any atom is -0.475 e. The predicted octanol–water partition coefficient (Wildman–Crippen LogP) is 4.18. The number of fused-ring (bicyclic) bond motifs is 2. The zero-order chi connectivity index (χ0) is 32.9. The lowest BCUT2D eigenvalue weighted by molar-refractivity contribution is -0.193. The van der Waals surface area contributed by atoms with Gasteiger partial charge in [0.1, 0.15) is 11.6 Å². The molecule has 1 spiro atoms. The smallest absolute Gasteiger partial charge is 0.475 e. The van der Waals surface area contributed by atoms with Crippen molar-refractivity contribution < 1.29 is 59.0 Å². The maximum Gasteiger partial charge on any atom is 0.490 e. The van der Waals surface area contributed by atoms with Crippen LogP contribution in [0.25, 0.3) is 11.3 Å². The van der Waals surface area contributed by atoms with Crippen molar-refractivity contribution in [3.63, 3.8) is 0 Å². The van der Waals surface area contributed by atoms with Crippen LogP contribution in [-0.2, 0) is 38.2 Å². The van der Waals surface area contributed by atoms with Crippen LogP contribution in [0.5, 0.6) is 0 Å². The molecule has 0 atom stereocenters. The summed E-state index contributed by atoms with van der Waals surface area (Å²) in [4.78, 5) is 24.9. The number of aliphatic carboxylic acids is 2. The molecule has 1 saturated heterocycles. The highest BCUT2D eigenvalue weighted by Crippen LogP contribution is 2.43. The number of likely N-dealkylation sites (tertiary alicyclic amines) is 1. The van der Waals surface area contributed by atoms with E-state index in [1.54, 1.807) is 10.6 Å². The van der Waals surface area contributed by atoms with Crippen molar-refractivity contribution in [3.8, 4) is 11.3 Å². The summed E-state index contributed by atoms with van der Waals surface area (Å²) in [6.45, 7) is 3.41. The predicted molar refractivity (Wildman–Crippen MR) is 141 cm³/mol. The highest BCUT2D eigenvalue weighted by Gasteiger charge is 2.50. The van der Waals surface area contributed by atoms with E-state index in [0.29, 0.717) is 25.9 Å². The number of hydrogen-bond acceptors (Lipinski definition) is 7. The molecule has 0 bridgehead atoms. The number of carboxylic acid groups (broad SMARTS) is 2. The number of furan rings is 1. The molecule has 0 saturated carbocycles. The van der Waals surface area contributed by atoms with Crippen LogP contribution in [0.1, 0.15) is 24.4 Å². The molecule has 2 N–H and O–H groups in total. The molecule has 5 rings (SSSR count). The molecule has 11 nitrogen and oxygen atoms in total. The van der Waals surface area contributed by atoms with Crippen molar-refractivity contribution in [1.82, 2.24) is 18.8 Å². The van der Waals surface area contributed by atoms with Gasteiger partial charge in [0.2, 0.25) is 10.0 Å². The first-order chi connectivity index (χ1) is 20.4. The zero-order valence-corrected chi connectivity index (χ0v) is 23.9. The summed E-state index contributed by atoms with van der Waals surface area (Å²) in [5.41, 5.74) is 1.56. The van der Waals surface area contributed by atoms with Crippen LogP contribution in [0.4, 0.5) is 26.3 Å². The second-order valence-electron chi connectivity index (χ2n) is 9.81. The summed E-state index contributed by atoms with van der Waals surface area (Å²) in [6, 6.07) is 14.1. The van der Waals surface area contributed by atoms with Gasteiger partial charge in [-0.1, -0.05) is 30.3 Å². The summed E-state index contributed by atoms with van der Waals surface area (Å²) < 4.78 is 98.4. The Hall–Kier alpha value is -3.90. The van der Waals surface area contributed by atoms with Crippen molar-refractivity contribution >= 4 is 22.0 Å². The van der Waals surface area contributed by atoms with E-state index in [9.17, 15) is 34.8 Å². The van der Waals surface area contributed by atoms with Crippen LogP contribution >= 0.6 is 0 Å². The van der Waals surface area contributed by atoms with E-state index < -0.39 is 39.9 Å². The number of hydrogen-bond donors (Lipinski definition) is 2. The van der Waals surface area contributed by atoms with Crippen molar-refractivity contribution in [2.45, 2.75) is 43.8 Å². The van der Waals surface area contributed by atoms with E-state index in [2.05, 4.69) is 21.6 Å². The van der Waals surface area contributed by atoms with Gasteiger partial charge in [0, 0.05) is 26.2 Å². The van der Waals surface area contributed by atoms with Crippen molar-refractivity contribution in [2.24, 2.45) is 0 Å². The minimum atomic E-state index is -5.08. The largest absolute Gasteiger partial charge is 0.490 e. The number of piperidine rings is 1. The lowest BCUT2D eigenvalue weighted by atomic mass is 9.85. The van der Waals surface area contributed by atoms with Crippen LogP contribution in [0.2, 0.25) is 0 Å². The molecule has 0 aliphatic carbocycles. The summed E-state index contributed by atoms with van der Waals surface area (Å²) in [5.74, 6) is -3.71. The average molecular weight is 655 g/mol. The fourth-order valence-corrected chi connectivity index (χ4v) is 6.30. The van der Waals surface area contributed by atoms with Crippen LogP contribution in [0.3, 0.4) is 0 Å². The molecule has 1 aromatic carbocycles. The number of rotatable bonds is 4. The van der Waals surface area contributed by atoms with Crippen molar-refractivity contribution in [2.75, 3.05) is 25.9 Å². The fraction of sp³-hybridized carbons (Fsp3) is 0.423. The Bertz CT molecular complexity index is 1490. The molecule has 2 aliphatic heterocycles. The van der Waals surface area contributed by atoms with Gasteiger partial charge >= 0.3 is 24.3 Å². The van der Waals surface area contributed by atoms with Crippen LogP contribution in [0, 0.1) is 0 Å². The number of carbonyl (C=O) groups is 2. The highest BCUT2D eigenvalue weighted by atomic mass is 32.2. The molecule has 2 aromatic heterocycles. The van der Waals surface area contributed by atoms with Gasteiger partial charge in [0.15, 0.2) is 0 Å². The molecule has 2 aliphatic rings. The van der Waals surface area contributed by atoms with Crippen molar-refractivity contribution in [1.29, 1.82) is 0 Å². The van der Waals surface area contributed by atoms with Crippen LogP contribution in [0.15, 0.2) is 59.3 Å². The molecule has 0 radical (unpaired) electrons. The first-order valence-corrected chi connectivity index (χ1v) is 14.7. The average Bonchev–Trinajstić information content (AvgIpc) is 3.60. The molecule has 4 heterocycles. The third-order valence-corrected chi connectivity index (χ3v) is 8.21. The maximum atomic E-state index is 12.7. The number of benzene rings is 1. The Kier molecular flexibility index (Phi) is 10.5. The number of carboxylic acids is 2. The van der Waals surface area contributed by atoms with Gasteiger partial charge in [-0.05, 0) is 30.5 Å². The van der Waals surface area contributed by atoms with Crippen LogP contribution < -0.4 is 0 Å². The second-order valence-corrected chi connectivity index (χ2v) is 11.7. The topological polar surface area (TPSA) is 146 Å². The van der Waals surface area contributed by atoms with E-state index in [0.717, 1.165) is 42.5 Å². The van der Waals surface area contributed by atoms with Crippen molar-refractivity contribution in [3.05, 3.63) is 66.5 Å². The molecule has 18 heteroatoms. The molecule has 3 aromatic rings. The van der Waals surface area contributed by atoms with E-state index in [-0.39, 0.29) is 0 Å². The van der Waals surface area contributed by atoms with Gasteiger partial charge in [-0.2, -0.15) is 30.6 Å². The van der Waals surface area contributed by atoms with E-state index in [1.807, 2.05) is 36.5 Å². The monoisotopic (exact) mass is 654 g/mol.